The molecule has 3 aromatic heterocycles. The predicted octanol–water partition coefficient (Wildman–Crippen LogP) is 12.4. The molecule has 0 unspecified atom stereocenters. The van der Waals surface area contributed by atoms with Gasteiger partial charge in [0.15, 0.2) is 5.82 Å². The number of aromatic nitrogens is 3. The van der Waals surface area contributed by atoms with E-state index < -0.39 is 0 Å². The van der Waals surface area contributed by atoms with Crippen molar-refractivity contribution in [2.24, 2.45) is 0 Å². The molecule has 0 aliphatic rings. The summed E-state index contributed by atoms with van der Waals surface area (Å²) in [5.74, 6) is 0.660. The lowest BCUT2D eigenvalue weighted by Crippen LogP contribution is -1.98. The summed E-state index contributed by atoms with van der Waals surface area (Å²) in [5, 5.41) is 8.39. The molecule has 0 fully saturated rings. The zero-order valence-electron chi connectivity index (χ0n) is 26.3. The molecule has 0 radical (unpaired) electrons. The second-order valence-corrected chi connectivity index (χ2v) is 13.4. The number of pyridine rings is 1. The lowest BCUT2D eigenvalue weighted by Gasteiger charge is -2.15. The van der Waals surface area contributed by atoms with Gasteiger partial charge in [-0.15, -0.1) is 11.3 Å². The van der Waals surface area contributed by atoms with Crippen molar-refractivity contribution in [2.75, 3.05) is 0 Å². The minimum atomic E-state index is 0.660. The number of para-hydroxylation sites is 1. The Morgan fingerprint density at radius 3 is 1.73 bits per heavy atom. The Hall–Kier alpha value is -6.23. The van der Waals surface area contributed by atoms with Crippen molar-refractivity contribution in [2.45, 2.75) is 0 Å². The number of fused-ring (bicyclic) bond motifs is 8. The molecule has 0 aliphatic carbocycles. The smallest absolute Gasteiger partial charge is 0.162 e. The number of rotatable bonds is 4. The van der Waals surface area contributed by atoms with Gasteiger partial charge in [-0.25, -0.2) is 15.0 Å². The number of thiophene rings is 1. The first kappa shape index (κ1) is 27.8. The van der Waals surface area contributed by atoms with Crippen molar-refractivity contribution in [3.05, 3.63) is 164 Å². The molecule has 0 atom stereocenters. The van der Waals surface area contributed by atoms with Gasteiger partial charge in [0.2, 0.25) is 0 Å². The molecule has 0 amide bonds. The summed E-state index contributed by atoms with van der Waals surface area (Å²) in [4.78, 5) is 16.1. The highest BCUT2D eigenvalue weighted by molar-refractivity contribution is 7.26. The van der Waals surface area contributed by atoms with E-state index in [1.807, 2.05) is 23.5 Å². The van der Waals surface area contributed by atoms with Crippen LogP contribution in [-0.4, -0.2) is 15.0 Å². The standard InChI is InChI=1S/C45H27N3S/c1-3-14-28(15-4-1)38-27-39(29-16-5-2-6-17-29)47-45(46-38)36-24-13-23-35-42(36)48-43(41-34-22-11-12-25-40(34)49-44(35)41)37-26-30-18-7-8-19-31(30)32-20-9-10-21-33(32)37/h1-27H. The number of hydrogen-bond donors (Lipinski definition) is 0. The minimum Gasteiger partial charge on any atom is -0.246 e. The van der Waals surface area contributed by atoms with Crippen LogP contribution in [0, 0.1) is 0 Å². The van der Waals surface area contributed by atoms with Crippen LogP contribution in [0.25, 0.3) is 97.8 Å². The van der Waals surface area contributed by atoms with E-state index in [9.17, 15) is 0 Å². The molecule has 3 nitrogen and oxygen atoms in total. The highest BCUT2D eigenvalue weighted by atomic mass is 32.1. The van der Waals surface area contributed by atoms with Crippen LogP contribution in [0.15, 0.2) is 164 Å². The topological polar surface area (TPSA) is 38.7 Å². The highest BCUT2D eigenvalue weighted by Gasteiger charge is 2.21. The van der Waals surface area contributed by atoms with Gasteiger partial charge >= 0.3 is 0 Å². The maximum atomic E-state index is 5.66. The summed E-state index contributed by atoms with van der Waals surface area (Å²) in [6.07, 6.45) is 0. The Morgan fingerprint density at radius 1 is 0.408 bits per heavy atom. The second-order valence-electron chi connectivity index (χ2n) is 12.3. The average molecular weight is 642 g/mol. The van der Waals surface area contributed by atoms with Crippen molar-refractivity contribution >= 4 is 64.0 Å². The molecular formula is C45H27N3S. The van der Waals surface area contributed by atoms with Gasteiger partial charge in [0.05, 0.1) is 22.6 Å². The zero-order valence-corrected chi connectivity index (χ0v) is 27.2. The molecule has 0 N–H and O–H groups in total. The molecule has 10 rings (SSSR count). The monoisotopic (exact) mass is 641 g/mol. The fourth-order valence-electron chi connectivity index (χ4n) is 7.19. The summed E-state index contributed by atoms with van der Waals surface area (Å²) >= 11 is 1.83. The van der Waals surface area contributed by atoms with Gasteiger partial charge in [-0.1, -0.05) is 140 Å². The lowest BCUT2D eigenvalue weighted by molar-refractivity contribution is 1.18. The van der Waals surface area contributed by atoms with E-state index >= 15 is 0 Å². The largest absolute Gasteiger partial charge is 0.246 e. The van der Waals surface area contributed by atoms with E-state index in [4.69, 9.17) is 15.0 Å². The van der Waals surface area contributed by atoms with Crippen LogP contribution in [0.2, 0.25) is 0 Å². The molecule has 228 valence electrons. The van der Waals surface area contributed by atoms with Crippen LogP contribution in [0.1, 0.15) is 0 Å². The average Bonchev–Trinajstić information content (AvgIpc) is 3.58. The molecule has 0 bridgehead atoms. The summed E-state index contributed by atoms with van der Waals surface area (Å²) in [6.45, 7) is 0. The first-order valence-corrected chi connectivity index (χ1v) is 17.3. The van der Waals surface area contributed by atoms with Crippen LogP contribution >= 0.6 is 11.3 Å². The van der Waals surface area contributed by atoms with E-state index in [1.165, 1.54) is 41.7 Å². The van der Waals surface area contributed by atoms with Gasteiger partial charge in [-0.2, -0.15) is 0 Å². The quantitative estimate of drug-likeness (QED) is 0.180. The lowest BCUT2D eigenvalue weighted by atomic mass is 9.93. The number of nitrogens with zero attached hydrogens (tertiary/aromatic N) is 3. The minimum absolute atomic E-state index is 0.660. The van der Waals surface area contributed by atoms with Crippen molar-refractivity contribution in [3.8, 4) is 45.2 Å². The Kier molecular flexibility index (Phi) is 6.36. The molecular weight excluding hydrogens is 615 g/mol. The molecule has 3 heterocycles. The molecule has 7 aromatic carbocycles. The van der Waals surface area contributed by atoms with E-state index in [1.54, 1.807) is 0 Å². The Labute approximate surface area is 286 Å². The van der Waals surface area contributed by atoms with Crippen LogP contribution in [0.5, 0.6) is 0 Å². The first-order valence-electron chi connectivity index (χ1n) is 16.5. The van der Waals surface area contributed by atoms with Crippen molar-refractivity contribution < 1.29 is 0 Å². The Morgan fingerprint density at radius 2 is 1.00 bits per heavy atom. The van der Waals surface area contributed by atoms with E-state index in [-0.39, 0.29) is 0 Å². The van der Waals surface area contributed by atoms with Gasteiger partial charge in [0.25, 0.3) is 0 Å². The zero-order chi connectivity index (χ0) is 32.3. The maximum absolute atomic E-state index is 5.66. The number of benzene rings is 7. The second kappa shape index (κ2) is 11.2. The summed E-state index contributed by atoms with van der Waals surface area (Å²) in [6, 6.07) is 57.6. The van der Waals surface area contributed by atoms with Gasteiger partial charge in [-0.05, 0) is 45.8 Å². The molecule has 0 aliphatic heterocycles. The molecule has 4 heteroatoms. The third kappa shape index (κ3) is 4.53. The fraction of sp³-hybridized carbons (Fsp3) is 0. The molecule has 0 saturated carbocycles. The summed E-state index contributed by atoms with van der Waals surface area (Å²) in [7, 11) is 0. The third-order valence-corrected chi connectivity index (χ3v) is 10.7. The molecule has 10 aromatic rings. The predicted molar refractivity (Wildman–Crippen MR) is 207 cm³/mol. The van der Waals surface area contributed by atoms with Crippen LogP contribution in [-0.2, 0) is 0 Å². The van der Waals surface area contributed by atoms with Crippen molar-refractivity contribution in [3.63, 3.8) is 0 Å². The maximum Gasteiger partial charge on any atom is 0.162 e. The highest BCUT2D eigenvalue weighted by Crippen LogP contribution is 2.46. The third-order valence-electron chi connectivity index (χ3n) is 9.47. The van der Waals surface area contributed by atoms with Gasteiger partial charge in [0, 0.05) is 47.8 Å². The first-order chi connectivity index (χ1) is 24.3. The Bertz CT molecular complexity index is 2820. The fourth-order valence-corrected chi connectivity index (χ4v) is 8.42. The van der Waals surface area contributed by atoms with E-state index in [0.717, 1.165) is 50.2 Å². The summed E-state index contributed by atoms with van der Waals surface area (Å²) in [5.41, 5.74) is 7.78. The Balaban J connectivity index is 1.33. The van der Waals surface area contributed by atoms with Crippen LogP contribution < -0.4 is 0 Å². The normalized spacial score (nSPS) is 11.7. The van der Waals surface area contributed by atoms with Crippen LogP contribution in [0.4, 0.5) is 0 Å². The molecule has 49 heavy (non-hydrogen) atoms. The molecule has 0 spiro atoms. The SMILES string of the molecule is c1ccc(-c2cc(-c3ccccc3)nc(-c3cccc4c3nc(-c3cc5ccccc5c5ccccc35)c3c5ccccc5sc43)n2)cc1. The van der Waals surface area contributed by atoms with Gasteiger partial charge < -0.3 is 0 Å². The van der Waals surface area contributed by atoms with Crippen LogP contribution in [0.3, 0.4) is 0 Å². The molecule has 0 saturated heterocycles. The van der Waals surface area contributed by atoms with Crippen molar-refractivity contribution in [1.82, 2.24) is 15.0 Å². The number of hydrogen-bond acceptors (Lipinski definition) is 4. The summed E-state index contributed by atoms with van der Waals surface area (Å²) < 4.78 is 2.47. The van der Waals surface area contributed by atoms with Gasteiger partial charge in [-0.3, -0.25) is 0 Å². The van der Waals surface area contributed by atoms with E-state index in [0.29, 0.717) is 5.82 Å². The van der Waals surface area contributed by atoms with E-state index in [2.05, 4.69) is 152 Å². The van der Waals surface area contributed by atoms with Gasteiger partial charge in [0.1, 0.15) is 0 Å². The van der Waals surface area contributed by atoms with Crippen molar-refractivity contribution in [1.29, 1.82) is 0 Å².